The fraction of sp³-hybridized carbons (Fsp3) is 0.250. The molecule has 86 valence electrons. The molecule has 2 nitrogen and oxygen atoms in total. The molecule has 0 radical (unpaired) electrons. The second-order valence-corrected chi connectivity index (χ2v) is 4.12. The van der Waals surface area contributed by atoms with E-state index in [1.807, 2.05) is 6.92 Å². The molecular formula is C12H13BrFNO. The minimum atomic E-state index is -0.372. The van der Waals surface area contributed by atoms with E-state index in [0.29, 0.717) is 23.1 Å². The molecule has 0 saturated heterocycles. The number of likely N-dealkylation sites (N-methyl/N-ethyl adjacent to an activating group) is 1. The zero-order valence-electron chi connectivity index (χ0n) is 9.04. The van der Waals surface area contributed by atoms with E-state index >= 15 is 0 Å². The summed E-state index contributed by atoms with van der Waals surface area (Å²) in [4.78, 5) is 13.6. The van der Waals surface area contributed by atoms with Crippen LogP contribution in [0.3, 0.4) is 0 Å². The second-order valence-electron chi connectivity index (χ2n) is 3.26. The second kappa shape index (κ2) is 5.80. The first-order chi connectivity index (χ1) is 7.60. The molecule has 0 spiro atoms. The Balaban J connectivity index is 2.94. The molecule has 1 amide bonds. The molecule has 16 heavy (non-hydrogen) atoms. The van der Waals surface area contributed by atoms with Gasteiger partial charge >= 0.3 is 0 Å². The van der Waals surface area contributed by atoms with Gasteiger partial charge in [-0.1, -0.05) is 6.08 Å². The van der Waals surface area contributed by atoms with Gasteiger partial charge in [-0.2, -0.15) is 0 Å². The van der Waals surface area contributed by atoms with E-state index in [1.54, 1.807) is 11.0 Å². The van der Waals surface area contributed by atoms with Crippen LogP contribution in [0.25, 0.3) is 0 Å². The molecule has 0 aliphatic rings. The highest BCUT2D eigenvalue weighted by Crippen LogP contribution is 2.17. The zero-order chi connectivity index (χ0) is 12.1. The highest BCUT2D eigenvalue weighted by molar-refractivity contribution is 9.10. The summed E-state index contributed by atoms with van der Waals surface area (Å²) in [6.07, 6.45) is 1.67. The number of carbonyl (C=O) groups excluding carboxylic acids is 1. The van der Waals surface area contributed by atoms with Crippen LogP contribution in [-0.4, -0.2) is 23.9 Å². The lowest BCUT2D eigenvalue weighted by Crippen LogP contribution is -2.30. The maximum atomic E-state index is 13.0. The number of amides is 1. The van der Waals surface area contributed by atoms with Gasteiger partial charge in [-0.05, 0) is 41.1 Å². The Hall–Kier alpha value is -1.16. The van der Waals surface area contributed by atoms with E-state index in [1.165, 1.54) is 18.2 Å². The van der Waals surface area contributed by atoms with Crippen LogP contribution in [0.15, 0.2) is 35.3 Å². The number of halogens is 2. The molecule has 0 heterocycles. The summed E-state index contributed by atoms with van der Waals surface area (Å²) in [5, 5.41) is 0. The van der Waals surface area contributed by atoms with Gasteiger partial charge < -0.3 is 4.90 Å². The summed E-state index contributed by atoms with van der Waals surface area (Å²) in [7, 11) is 0. The largest absolute Gasteiger partial charge is 0.335 e. The van der Waals surface area contributed by atoms with Crippen molar-refractivity contribution >= 4 is 21.8 Å². The molecule has 0 bridgehead atoms. The average molecular weight is 286 g/mol. The minimum absolute atomic E-state index is 0.122. The summed E-state index contributed by atoms with van der Waals surface area (Å²) >= 11 is 3.06. The standard InChI is InChI=1S/C12H13BrFNO/c1-3-7-15(4-2)12(16)9-5-6-11(14)10(13)8-9/h3,5-6,8H,1,4,7H2,2H3. The van der Waals surface area contributed by atoms with Crippen LogP contribution >= 0.6 is 15.9 Å². The molecule has 0 saturated carbocycles. The molecule has 0 unspecified atom stereocenters. The number of hydrogen-bond donors (Lipinski definition) is 0. The molecule has 0 aliphatic heterocycles. The van der Waals surface area contributed by atoms with Crippen LogP contribution in [0.1, 0.15) is 17.3 Å². The minimum Gasteiger partial charge on any atom is -0.335 e. The van der Waals surface area contributed by atoms with Crippen LogP contribution in [0, 0.1) is 5.82 Å². The molecule has 0 fully saturated rings. The Bertz CT molecular complexity index is 406. The van der Waals surface area contributed by atoms with Crippen LogP contribution in [-0.2, 0) is 0 Å². The van der Waals surface area contributed by atoms with Crippen LogP contribution < -0.4 is 0 Å². The van der Waals surface area contributed by atoms with Crippen molar-refractivity contribution in [3.63, 3.8) is 0 Å². The van der Waals surface area contributed by atoms with Gasteiger partial charge in [0.05, 0.1) is 4.47 Å². The number of nitrogens with zero attached hydrogens (tertiary/aromatic N) is 1. The van der Waals surface area contributed by atoms with Gasteiger partial charge in [0, 0.05) is 18.7 Å². The summed E-state index contributed by atoms with van der Waals surface area (Å²) in [5.74, 6) is -0.494. The Labute approximate surface area is 103 Å². The Morgan fingerprint density at radius 3 is 2.81 bits per heavy atom. The summed E-state index contributed by atoms with van der Waals surface area (Å²) in [5.41, 5.74) is 0.469. The Morgan fingerprint density at radius 2 is 2.31 bits per heavy atom. The summed E-state index contributed by atoms with van der Waals surface area (Å²) in [6.45, 7) is 6.57. The third-order valence-electron chi connectivity index (χ3n) is 2.18. The van der Waals surface area contributed by atoms with Gasteiger partial charge in [0.15, 0.2) is 0 Å². The fourth-order valence-corrected chi connectivity index (χ4v) is 1.70. The van der Waals surface area contributed by atoms with Gasteiger partial charge in [-0.15, -0.1) is 6.58 Å². The third kappa shape index (κ3) is 2.92. The molecule has 0 aliphatic carbocycles. The van der Waals surface area contributed by atoms with Crippen molar-refractivity contribution in [2.24, 2.45) is 0 Å². The fourth-order valence-electron chi connectivity index (χ4n) is 1.32. The van der Waals surface area contributed by atoms with E-state index in [4.69, 9.17) is 0 Å². The molecule has 0 N–H and O–H groups in total. The molecule has 1 aromatic rings. The van der Waals surface area contributed by atoms with E-state index in [-0.39, 0.29) is 11.7 Å². The molecule has 0 aromatic heterocycles. The first-order valence-corrected chi connectivity index (χ1v) is 5.74. The van der Waals surface area contributed by atoms with Gasteiger partial charge in [0.25, 0.3) is 5.91 Å². The van der Waals surface area contributed by atoms with Crippen molar-refractivity contribution in [2.45, 2.75) is 6.92 Å². The number of rotatable bonds is 4. The molecule has 0 atom stereocenters. The highest BCUT2D eigenvalue weighted by atomic mass is 79.9. The first kappa shape index (κ1) is 12.9. The zero-order valence-corrected chi connectivity index (χ0v) is 10.6. The van der Waals surface area contributed by atoms with Gasteiger partial charge in [-0.25, -0.2) is 4.39 Å². The van der Waals surface area contributed by atoms with Crippen molar-refractivity contribution < 1.29 is 9.18 Å². The van der Waals surface area contributed by atoms with Crippen LogP contribution in [0.4, 0.5) is 4.39 Å². The highest BCUT2D eigenvalue weighted by Gasteiger charge is 2.13. The third-order valence-corrected chi connectivity index (χ3v) is 2.79. The van der Waals surface area contributed by atoms with Crippen molar-refractivity contribution in [2.75, 3.05) is 13.1 Å². The SMILES string of the molecule is C=CCN(CC)C(=O)c1ccc(F)c(Br)c1. The van der Waals surface area contributed by atoms with E-state index in [9.17, 15) is 9.18 Å². The van der Waals surface area contributed by atoms with E-state index in [2.05, 4.69) is 22.5 Å². The van der Waals surface area contributed by atoms with Crippen LogP contribution in [0.2, 0.25) is 0 Å². The topological polar surface area (TPSA) is 20.3 Å². The lowest BCUT2D eigenvalue weighted by Gasteiger charge is -2.19. The lowest BCUT2D eigenvalue weighted by atomic mass is 10.2. The Morgan fingerprint density at radius 1 is 1.62 bits per heavy atom. The van der Waals surface area contributed by atoms with Crippen molar-refractivity contribution in [1.29, 1.82) is 0 Å². The summed E-state index contributed by atoms with van der Waals surface area (Å²) < 4.78 is 13.3. The van der Waals surface area contributed by atoms with Crippen LogP contribution in [0.5, 0.6) is 0 Å². The Kier molecular flexibility index (Phi) is 4.68. The first-order valence-electron chi connectivity index (χ1n) is 4.95. The molecular weight excluding hydrogens is 273 g/mol. The molecule has 1 rings (SSSR count). The lowest BCUT2D eigenvalue weighted by molar-refractivity contribution is 0.0782. The van der Waals surface area contributed by atoms with Gasteiger partial charge in [-0.3, -0.25) is 4.79 Å². The smallest absolute Gasteiger partial charge is 0.254 e. The molecule has 4 heteroatoms. The van der Waals surface area contributed by atoms with Gasteiger partial charge in [0.1, 0.15) is 5.82 Å². The van der Waals surface area contributed by atoms with Crippen molar-refractivity contribution in [1.82, 2.24) is 4.90 Å². The predicted molar refractivity (Wildman–Crippen MR) is 65.9 cm³/mol. The summed E-state index contributed by atoms with van der Waals surface area (Å²) in [6, 6.07) is 4.25. The average Bonchev–Trinajstić information content (AvgIpc) is 2.28. The van der Waals surface area contributed by atoms with Crippen molar-refractivity contribution in [3.05, 3.63) is 46.7 Å². The normalized spacial score (nSPS) is 9.94. The maximum Gasteiger partial charge on any atom is 0.254 e. The molecule has 1 aromatic carbocycles. The van der Waals surface area contributed by atoms with E-state index in [0.717, 1.165) is 0 Å². The predicted octanol–water partition coefficient (Wildman–Crippen LogP) is 3.24. The number of benzene rings is 1. The van der Waals surface area contributed by atoms with Crippen molar-refractivity contribution in [3.8, 4) is 0 Å². The maximum absolute atomic E-state index is 13.0. The number of hydrogen-bond acceptors (Lipinski definition) is 1. The van der Waals surface area contributed by atoms with E-state index < -0.39 is 0 Å². The quantitative estimate of drug-likeness (QED) is 0.778. The van der Waals surface area contributed by atoms with Gasteiger partial charge in [0.2, 0.25) is 0 Å². The monoisotopic (exact) mass is 285 g/mol. The number of carbonyl (C=O) groups is 1.